The molecule has 22 heavy (non-hydrogen) atoms. The molecule has 1 aliphatic heterocycles. The lowest BCUT2D eigenvalue weighted by Crippen LogP contribution is -2.20. The Kier molecular flexibility index (Phi) is 3.29. The van der Waals surface area contributed by atoms with Crippen molar-refractivity contribution in [2.75, 3.05) is 7.11 Å². The predicted octanol–water partition coefficient (Wildman–Crippen LogP) is 2.52. The molecule has 2 aromatic carbocycles. The number of aromatic hydroxyl groups is 3. The number of fused-ring (bicyclic) bond motifs is 1. The first-order chi connectivity index (χ1) is 10.5. The van der Waals surface area contributed by atoms with Crippen LogP contribution in [-0.2, 0) is 0 Å². The zero-order valence-electron chi connectivity index (χ0n) is 11.7. The minimum atomic E-state index is -0.583. The number of ketones is 1. The molecule has 1 atom stereocenters. The molecule has 1 aliphatic rings. The number of phenolic OH excluding ortho intramolecular Hbond substituents is 3. The van der Waals surface area contributed by atoms with Gasteiger partial charge < -0.3 is 24.8 Å². The number of phenols is 3. The number of Topliss-reactive ketones (excluding diaryl/α,β-unsaturated/α-hetero) is 1. The summed E-state index contributed by atoms with van der Waals surface area (Å²) in [6, 6.07) is 7.05. The molecule has 6 nitrogen and oxygen atoms in total. The fourth-order valence-electron chi connectivity index (χ4n) is 2.43. The molecule has 0 spiro atoms. The van der Waals surface area contributed by atoms with Gasteiger partial charge in [0.25, 0.3) is 0 Å². The normalized spacial score (nSPS) is 16.8. The Labute approximate surface area is 126 Å². The van der Waals surface area contributed by atoms with Crippen LogP contribution < -0.4 is 9.47 Å². The average Bonchev–Trinajstić information content (AvgIpc) is 2.50. The number of benzene rings is 2. The van der Waals surface area contributed by atoms with E-state index in [-0.39, 0.29) is 40.8 Å². The maximum Gasteiger partial charge on any atom is 0.170 e. The summed E-state index contributed by atoms with van der Waals surface area (Å²) in [7, 11) is 1.40. The van der Waals surface area contributed by atoms with Crippen LogP contribution in [-0.4, -0.2) is 28.2 Å². The summed E-state index contributed by atoms with van der Waals surface area (Å²) >= 11 is 0. The van der Waals surface area contributed by atoms with Crippen LogP contribution >= 0.6 is 0 Å². The molecule has 0 aromatic heterocycles. The van der Waals surface area contributed by atoms with Gasteiger partial charge in [0.1, 0.15) is 11.9 Å². The van der Waals surface area contributed by atoms with Crippen LogP contribution in [0.4, 0.5) is 0 Å². The Morgan fingerprint density at radius 2 is 1.86 bits per heavy atom. The van der Waals surface area contributed by atoms with Gasteiger partial charge in [-0.1, -0.05) is 6.07 Å². The maximum atomic E-state index is 12.2. The molecule has 3 rings (SSSR count). The lowest BCUT2D eigenvalue weighted by molar-refractivity contribution is 0.0848. The Morgan fingerprint density at radius 3 is 2.55 bits per heavy atom. The molecular formula is C16H14O6. The van der Waals surface area contributed by atoms with E-state index >= 15 is 0 Å². The van der Waals surface area contributed by atoms with Crippen LogP contribution in [0.15, 0.2) is 30.3 Å². The van der Waals surface area contributed by atoms with Crippen molar-refractivity contribution >= 4 is 5.78 Å². The van der Waals surface area contributed by atoms with Gasteiger partial charge in [0.05, 0.1) is 19.1 Å². The molecule has 6 heteroatoms. The van der Waals surface area contributed by atoms with Gasteiger partial charge in [0.15, 0.2) is 28.8 Å². The molecule has 0 fully saturated rings. The fourth-order valence-corrected chi connectivity index (χ4v) is 2.43. The van der Waals surface area contributed by atoms with E-state index in [1.165, 1.54) is 31.4 Å². The molecule has 0 saturated carbocycles. The SMILES string of the molecule is COc1cc2c(cc1O)C(=O)CC(c1ccc(O)c(O)c1)O2. The highest BCUT2D eigenvalue weighted by molar-refractivity contribution is 6.00. The summed E-state index contributed by atoms with van der Waals surface area (Å²) in [6.45, 7) is 0. The van der Waals surface area contributed by atoms with E-state index in [0.29, 0.717) is 11.3 Å². The number of ether oxygens (including phenoxy) is 2. The van der Waals surface area contributed by atoms with Gasteiger partial charge in [-0.15, -0.1) is 0 Å². The largest absolute Gasteiger partial charge is 0.504 e. The third-order valence-electron chi connectivity index (χ3n) is 3.59. The molecule has 1 unspecified atom stereocenters. The monoisotopic (exact) mass is 302 g/mol. The number of methoxy groups -OCH3 is 1. The third kappa shape index (κ3) is 2.28. The van der Waals surface area contributed by atoms with Crippen LogP contribution in [0.5, 0.6) is 28.7 Å². The molecule has 3 N–H and O–H groups in total. The lowest BCUT2D eigenvalue weighted by atomic mass is 9.95. The van der Waals surface area contributed by atoms with Gasteiger partial charge in [-0.3, -0.25) is 4.79 Å². The van der Waals surface area contributed by atoms with Crippen LogP contribution in [0, 0.1) is 0 Å². The van der Waals surface area contributed by atoms with Gasteiger partial charge in [-0.2, -0.15) is 0 Å². The first kappa shape index (κ1) is 14.1. The van der Waals surface area contributed by atoms with E-state index in [1.807, 2.05) is 0 Å². The molecule has 114 valence electrons. The Bertz CT molecular complexity index is 753. The summed E-state index contributed by atoms with van der Waals surface area (Å²) in [6.07, 6.45) is -0.510. The summed E-state index contributed by atoms with van der Waals surface area (Å²) in [5.41, 5.74) is 0.860. The second-order valence-corrected chi connectivity index (χ2v) is 5.00. The first-order valence-corrected chi connectivity index (χ1v) is 6.62. The molecule has 2 aromatic rings. The highest BCUT2D eigenvalue weighted by Gasteiger charge is 2.29. The lowest BCUT2D eigenvalue weighted by Gasteiger charge is -2.26. The quantitative estimate of drug-likeness (QED) is 0.738. The fraction of sp³-hybridized carbons (Fsp3) is 0.188. The smallest absolute Gasteiger partial charge is 0.170 e. The predicted molar refractivity (Wildman–Crippen MR) is 76.7 cm³/mol. The van der Waals surface area contributed by atoms with E-state index in [4.69, 9.17) is 9.47 Å². The average molecular weight is 302 g/mol. The second kappa shape index (κ2) is 5.14. The molecule has 1 heterocycles. The highest BCUT2D eigenvalue weighted by Crippen LogP contribution is 2.41. The van der Waals surface area contributed by atoms with Gasteiger partial charge in [-0.05, 0) is 23.8 Å². The minimum Gasteiger partial charge on any atom is -0.504 e. The summed E-state index contributed by atoms with van der Waals surface area (Å²) in [5, 5.41) is 28.7. The Morgan fingerprint density at radius 1 is 1.09 bits per heavy atom. The van der Waals surface area contributed by atoms with E-state index in [1.54, 1.807) is 6.07 Å². The zero-order chi connectivity index (χ0) is 15.9. The van der Waals surface area contributed by atoms with Crippen molar-refractivity contribution in [2.45, 2.75) is 12.5 Å². The van der Waals surface area contributed by atoms with E-state index in [0.717, 1.165) is 0 Å². The van der Waals surface area contributed by atoms with Crippen LogP contribution in [0.25, 0.3) is 0 Å². The van der Waals surface area contributed by atoms with Gasteiger partial charge in [0, 0.05) is 6.07 Å². The van der Waals surface area contributed by atoms with Crippen molar-refractivity contribution in [1.29, 1.82) is 0 Å². The van der Waals surface area contributed by atoms with E-state index in [2.05, 4.69) is 0 Å². The van der Waals surface area contributed by atoms with Crippen LogP contribution in [0.1, 0.15) is 28.4 Å². The molecule has 0 amide bonds. The van der Waals surface area contributed by atoms with Gasteiger partial charge >= 0.3 is 0 Å². The molecule has 0 aliphatic carbocycles. The van der Waals surface area contributed by atoms with Crippen molar-refractivity contribution in [3.8, 4) is 28.7 Å². The number of hydrogen-bond donors (Lipinski definition) is 3. The molecule has 0 saturated heterocycles. The van der Waals surface area contributed by atoms with Crippen molar-refractivity contribution in [2.24, 2.45) is 0 Å². The number of hydrogen-bond acceptors (Lipinski definition) is 6. The molecular weight excluding hydrogens is 288 g/mol. The standard InChI is InChI=1S/C16H14O6/c1-21-16-7-15-9(5-13(16)20)11(18)6-14(22-15)8-2-3-10(17)12(19)4-8/h2-5,7,14,17,19-20H,6H2,1H3. The number of carbonyl (C=O) groups excluding carboxylic acids is 1. The highest BCUT2D eigenvalue weighted by atomic mass is 16.5. The van der Waals surface area contributed by atoms with Crippen molar-refractivity contribution in [3.05, 3.63) is 41.5 Å². The van der Waals surface area contributed by atoms with Crippen LogP contribution in [0.2, 0.25) is 0 Å². The summed E-state index contributed by atoms with van der Waals surface area (Å²) in [4.78, 5) is 12.2. The summed E-state index contributed by atoms with van der Waals surface area (Å²) in [5.74, 6) is -0.305. The first-order valence-electron chi connectivity index (χ1n) is 6.62. The van der Waals surface area contributed by atoms with E-state index in [9.17, 15) is 20.1 Å². The van der Waals surface area contributed by atoms with Crippen molar-refractivity contribution < 1.29 is 29.6 Å². The molecule has 0 bridgehead atoms. The van der Waals surface area contributed by atoms with Crippen molar-refractivity contribution in [1.82, 2.24) is 0 Å². The van der Waals surface area contributed by atoms with Gasteiger partial charge in [0.2, 0.25) is 0 Å². The number of rotatable bonds is 2. The van der Waals surface area contributed by atoms with E-state index < -0.39 is 6.10 Å². The minimum absolute atomic E-state index is 0.0724. The Hall–Kier alpha value is -2.89. The maximum absolute atomic E-state index is 12.2. The van der Waals surface area contributed by atoms with Crippen molar-refractivity contribution in [3.63, 3.8) is 0 Å². The second-order valence-electron chi connectivity index (χ2n) is 5.00. The number of carbonyl (C=O) groups is 1. The topological polar surface area (TPSA) is 96.2 Å². The third-order valence-corrected chi connectivity index (χ3v) is 3.59. The van der Waals surface area contributed by atoms with Crippen LogP contribution in [0.3, 0.4) is 0 Å². The Balaban J connectivity index is 1.99. The molecule has 0 radical (unpaired) electrons. The zero-order valence-corrected chi connectivity index (χ0v) is 11.7. The summed E-state index contributed by atoms with van der Waals surface area (Å²) < 4.78 is 10.8. The van der Waals surface area contributed by atoms with Gasteiger partial charge in [-0.25, -0.2) is 0 Å².